The average molecular weight is 171 g/mol. The lowest BCUT2D eigenvalue weighted by Gasteiger charge is -2.37. The van der Waals surface area contributed by atoms with Gasteiger partial charge in [0, 0.05) is 13.1 Å². The second-order valence-corrected chi connectivity index (χ2v) is 4.24. The molecular weight excluding hydrogens is 154 g/mol. The summed E-state index contributed by atoms with van der Waals surface area (Å²) in [5.74, 6) is -0.136. The smallest absolute Gasteiger partial charge is 0.248 e. The van der Waals surface area contributed by atoms with Crippen LogP contribution >= 0.6 is 0 Å². The predicted molar refractivity (Wildman–Crippen MR) is 46.7 cm³/mol. The number of hydrogen-bond acceptors (Lipinski definition) is 2. The van der Waals surface area contributed by atoms with Gasteiger partial charge in [-0.25, -0.2) is 0 Å². The minimum absolute atomic E-state index is 0.136. The molecule has 0 bridgehead atoms. The minimum atomic E-state index is -0.351. The highest BCUT2D eigenvalue weighted by molar-refractivity contribution is 5.77. The minimum Gasteiger partial charge on any atom is -0.387 e. The molecule has 1 aliphatic heterocycles. The standard InChI is InChI=1S/C9H17NO2/c1-9(2)4-3-5-10(7-9)8(12)6-11/h11H,3-7H2,1-2H3. The molecule has 0 aliphatic carbocycles. The third-order valence-corrected chi connectivity index (χ3v) is 2.39. The van der Waals surface area contributed by atoms with Crippen LogP contribution in [0.1, 0.15) is 26.7 Å². The number of carbonyl (C=O) groups is 1. The van der Waals surface area contributed by atoms with E-state index in [0.717, 1.165) is 19.5 Å². The van der Waals surface area contributed by atoms with Crippen molar-refractivity contribution >= 4 is 5.91 Å². The van der Waals surface area contributed by atoms with Gasteiger partial charge in [0.25, 0.3) is 0 Å². The maximum atomic E-state index is 11.1. The monoisotopic (exact) mass is 171 g/mol. The first-order chi connectivity index (χ1) is 5.55. The highest BCUT2D eigenvalue weighted by atomic mass is 16.3. The van der Waals surface area contributed by atoms with Crippen LogP contribution < -0.4 is 0 Å². The average Bonchev–Trinajstić information content (AvgIpc) is 2.01. The molecule has 0 aromatic heterocycles. The van der Waals surface area contributed by atoms with E-state index in [-0.39, 0.29) is 17.9 Å². The Hall–Kier alpha value is -0.570. The van der Waals surface area contributed by atoms with Crippen LogP contribution in [0.2, 0.25) is 0 Å². The zero-order valence-corrected chi connectivity index (χ0v) is 7.84. The first kappa shape index (κ1) is 9.52. The van der Waals surface area contributed by atoms with E-state index < -0.39 is 0 Å². The summed E-state index contributed by atoms with van der Waals surface area (Å²) in [6.07, 6.45) is 2.22. The van der Waals surface area contributed by atoms with Crippen LogP contribution in [-0.2, 0) is 4.79 Å². The van der Waals surface area contributed by atoms with E-state index >= 15 is 0 Å². The van der Waals surface area contributed by atoms with E-state index in [0.29, 0.717) is 0 Å². The van der Waals surface area contributed by atoms with Crippen molar-refractivity contribution in [2.45, 2.75) is 26.7 Å². The van der Waals surface area contributed by atoms with Crippen molar-refractivity contribution in [3.8, 4) is 0 Å². The van der Waals surface area contributed by atoms with Crippen molar-refractivity contribution in [3.63, 3.8) is 0 Å². The van der Waals surface area contributed by atoms with Gasteiger partial charge < -0.3 is 10.0 Å². The molecule has 0 aromatic carbocycles. The quantitative estimate of drug-likeness (QED) is 0.628. The van der Waals surface area contributed by atoms with Crippen LogP contribution in [0.15, 0.2) is 0 Å². The Morgan fingerprint density at radius 2 is 2.25 bits per heavy atom. The number of likely N-dealkylation sites (tertiary alicyclic amines) is 1. The third kappa shape index (κ3) is 2.21. The van der Waals surface area contributed by atoms with Gasteiger partial charge in [-0.3, -0.25) is 4.79 Å². The maximum absolute atomic E-state index is 11.1. The summed E-state index contributed by atoms with van der Waals surface area (Å²) < 4.78 is 0. The molecule has 0 unspecified atom stereocenters. The van der Waals surface area contributed by atoms with Crippen LogP contribution in [0.4, 0.5) is 0 Å². The fourth-order valence-corrected chi connectivity index (χ4v) is 1.74. The highest BCUT2D eigenvalue weighted by Crippen LogP contribution is 2.28. The Morgan fingerprint density at radius 3 is 2.75 bits per heavy atom. The Morgan fingerprint density at radius 1 is 1.58 bits per heavy atom. The van der Waals surface area contributed by atoms with Crippen molar-refractivity contribution in [3.05, 3.63) is 0 Å². The number of aliphatic hydroxyl groups is 1. The van der Waals surface area contributed by atoms with Gasteiger partial charge in [0.1, 0.15) is 6.61 Å². The first-order valence-corrected chi connectivity index (χ1v) is 4.44. The van der Waals surface area contributed by atoms with Crippen LogP contribution in [0.25, 0.3) is 0 Å². The van der Waals surface area contributed by atoms with Crippen LogP contribution in [0, 0.1) is 5.41 Å². The first-order valence-electron chi connectivity index (χ1n) is 4.44. The molecule has 1 heterocycles. The molecule has 1 amide bonds. The fraction of sp³-hybridized carbons (Fsp3) is 0.889. The van der Waals surface area contributed by atoms with Crippen LogP contribution in [0.3, 0.4) is 0 Å². The van der Waals surface area contributed by atoms with E-state index in [4.69, 9.17) is 5.11 Å². The van der Waals surface area contributed by atoms with Gasteiger partial charge in [0.05, 0.1) is 0 Å². The molecule has 1 fully saturated rings. The molecule has 12 heavy (non-hydrogen) atoms. The molecule has 1 saturated heterocycles. The maximum Gasteiger partial charge on any atom is 0.248 e. The molecular formula is C9H17NO2. The molecule has 1 rings (SSSR count). The number of rotatable bonds is 1. The van der Waals surface area contributed by atoms with Crippen LogP contribution in [0.5, 0.6) is 0 Å². The van der Waals surface area contributed by atoms with E-state index in [1.54, 1.807) is 4.90 Å². The molecule has 0 aromatic rings. The second-order valence-electron chi connectivity index (χ2n) is 4.24. The summed E-state index contributed by atoms with van der Waals surface area (Å²) in [6.45, 7) is 5.55. The number of carbonyl (C=O) groups excluding carboxylic acids is 1. The second kappa shape index (κ2) is 3.44. The Bertz CT molecular complexity index is 177. The zero-order chi connectivity index (χ0) is 9.19. The van der Waals surface area contributed by atoms with E-state index in [9.17, 15) is 4.79 Å². The van der Waals surface area contributed by atoms with E-state index in [1.807, 2.05) is 0 Å². The van der Waals surface area contributed by atoms with Gasteiger partial charge in [-0.15, -0.1) is 0 Å². The Labute approximate surface area is 73.4 Å². The summed E-state index contributed by atoms with van der Waals surface area (Å²) in [5.41, 5.74) is 0.225. The lowest BCUT2D eigenvalue weighted by Crippen LogP contribution is -2.44. The molecule has 3 nitrogen and oxygen atoms in total. The summed E-state index contributed by atoms with van der Waals surface area (Å²) in [4.78, 5) is 12.9. The lowest BCUT2D eigenvalue weighted by molar-refractivity contribution is -0.137. The normalized spacial score (nSPS) is 22.4. The summed E-state index contributed by atoms with van der Waals surface area (Å²) in [5, 5.41) is 8.67. The number of nitrogens with zero attached hydrogens (tertiary/aromatic N) is 1. The third-order valence-electron chi connectivity index (χ3n) is 2.39. The number of amides is 1. The Balaban J connectivity index is 2.52. The summed E-state index contributed by atoms with van der Waals surface area (Å²) in [6, 6.07) is 0. The van der Waals surface area contributed by atoms with E-state index in [2.05, 4.69) is 13.8 Å². The molecule has 70 valence electrons. The van der Waals surface area contributed by atoms with E-state index in [1.165, 1.54) is 6.42 Å². The molecule has 1 aliphatic rings. The van der Waals surface area contributed by atoms with Gasteiger partial charge in [-0.1, -0.05) is 13.8 Å². The lowest BCUT2D eigenvalue weighted by atomic mass is 9.84. The largest absolute Gasteiger partial charge is 0.387 e. The topological polar surface area (TPSA) is 40.5 Å². The number of aliphatic hydroxyl groups excluding tert-OH is 1. The molecule has 0 radical (unpaired) electrons. The SMILES string of the molecule is CC1(C)CCCN(C(=O)CO)C1. The summed E-state index contributed by atoms with van der Waals surface area (Å²) >= 11 is 0. The zero-order valence-electron chi connectivity index (χ0n) is 7.84. The van der Waals surface area contributed by atoms with Crippen molar-refractivity contribution in [2.75, 3.05) is 19.7 Å². The molecule has 0 atom stereocenters. The number of piperidine rings is 1. The van der Waals surface area contributed by atoms with Crippen molar-refractivity contribution < 1.29 is 9.90 Å². The van der Waals surface area contributed by atoms with Crippen molar-refractivity contribution in [1.29, 1.82) is 0 Å². The van der Waals surface area contributed by atoms with Crippen molar-refractivity contribution in [2.24, 2.45) is 5.41 Å². The molecule has 0 saturated carbocycles. The fourth-order valence-electron chi connectivity index (χ4n) is 1.74. The van der Waals surface area contributed by atoms with Gasteiger partial charge in [-0.2, -0.15) is 0 Å². The summed E-state index contributed by atoms with van der Waals surface area (Å²) in [7, 11) is 0. The molecule has 0 spiro atoms. The van der Waals surface area contributed by atoms with Crippen molar-refractivity contribution in [1.82, 2.24) is 4.90 Å². The van der Waals surface area contributed by atoms with Gasteiger partial charge in [0.2, 0.25) is 5.91 Å². The van der Waals surface area contributed by atoms with Gasteiger partial charge >= 0.3 is 0 Å². The molecule has 3 heteroatoms. The Kier molecular flexibility index (Phi) is 2.73. The number of hydrogen-bond donors (Lipinski definition) is 1. The predicted octanol–water partition coefficient (Wildman–Crippen LogP) is 0.627. The van der Waals surface area contributed by atoms with Crippen LogP contribution in [-0.4, -0.2) is 35.6 Å². The highest BCUT2D eigenvalue weighted by Gasteiger charge is 2.28. The van der Waals surface area contributed by atoms with Gasteiger partial charge in [0.15, 0.2) is 0 Å². The molecule has 1 N–H and O–H groups in total. The van der Waals surface area contributed by atoms with Gasteiger partial charge in [-0.05, 0) is 18.3 Å².